The Balaban J connectivity index is 2.63. The van der Waals surface area contributed by atoms with Crippen LogP contribution in [0.5, 0.6) is 0 Å². The summed E-state index contributed by atoms with van der Waals surface area (Å²) < 4.78 is 32.5. The van der Waals surface area contributed by atoms with Gasteiger partial charge in [0.25, 0.3) is 10.2 Å². The van der Waals surface area contributed by atoms with E-state index in [4.69, 9.17) is 15.9 Å². The predicted molar refractivity (Wildman–Crippen MR) is 69.9 cm³/mol. The lowest BCUT2D eigenvalue weighted by molar-refractivity contribution is 0.204. The molecular weight excluding hydrogens is 256 g/mol. The van der Waals surface area contributed by atoms with Crippen molar-refractivity contribution in [2.75, 3.05) is 25.0 Å². The lowest BCUT2D eigenvalue weighted by Gasteiger charge is -2.09. The molecule has 0 atom stereocenters. The predicted octanol–water partition coefficient (Wildman–Crippen LogP) is -0.137. The maximum absolute atomic E-state index is 11.5. The third-order valence-electron chi connectivity index (χ3n) is 2.05. The van der Waals surface area contributed by atoms with E-state index in [-0.39, 0.29) is 12.4 Å². The zero-order valence-corrected chi connectivity index (χ0v) is 10.8. The Bertz CT molecular complexity index is 498. The standard InChI is InChI=1S/C10H16N4O3S/c1-17-7-6-13-18(15,16)14-9-4-2-8(3-5-9)10(11)12/h2-5,13-14H,6-7H2,1H3,(H3,11,12). The highest BCUT2D eigenvalue weighted by Crippen LogP contribution is 2.10. The molecule has 5 N–H and O–H groups in total. The SMILES string of the molecule is COCCNS(=O)(=O)Nc1ccc(C(=N)N)cc1. The van der Waals surface area contributed by atoms with E-state index < -0.39 is 10.2 Å². The fraction of sp³-hybridized carbons (Fsp3) is 0.300. The van der Waals surface area contributed by atoms with Gasteiger partial charge in [0.2, 0.25) is 0 Å². The topological polar surface area (TPSA) is 117 Å². The summed E-state index contributed by atoms with van der Waals surface area (Å²) in [5.41, 5.74) is 6.22. The highest BCUT2D eigenvalue weighted by Gasteiger charge is 2.08. The van der Waals surface area contributed by atoms with Gasteiger partial charge in [0, 0.05) is 24.9 Å². The van der Waals surface area contributed by atoms with Crippen molar-refractivity contribution in [3.63, 3.8) is 0 Å². The van der Waals surface area contributed by atoms with E-state index in [2.05, 4.69) is 9.44 Å². The van der Waals surface area contributed by atoms with Crippen molar-refractivity contribution in [1.82, 2.24) is 4.72 Å². The van der Waals surface area contributed by atoms with E-state index >= 15 is 0 Å². The highest BCUT2D eigenvalue weighted by atomic mass is 32.2. The summed E-state index contributed by atoms with van der Waals surface area (Å²) in [5.74, 6) is -0.0670. The van der Waals surface area contributed by atoms with Crippen LogP contribution in [0.3, 0.4) is 0 Å². The Morgan fingerprint density at radius 3 is 2.50 bits per heavy atom. The van der Waals surface area contributed by atoms with Gasteiger partial charge in [0.15, 0.2) is 0 Å². The molecule has 0 aliphatic rings. The number of nitrogens with two attached hydrogens (primary N) is 1. The van der Waals surface area contributed by atoms with Gasteiger partial charge in [0.05, 0.1) is 6.61 Å². The van der Waals surface area contributed by atoms with Crippen LogP contribution >= 0.6 is 0 Å². The van der Waals surface area contributed by atoms with E-state index in [1.54, 1.807) is 12.1 Å². The summed E-state index contributed by atoms with van der Waals surface area (Å²) in [6.07, 6.45) is 0. The van der Waals surface area contributed by atoms with Crippen LogP contribution in [0.15, 0.2) is 24.3 Å². The van der Waals surface area contributed by atoms with Crippen molar-refractivity contribution in [2.24, 2.45) is 5.73 Å². The number of nitrogens with one attached hydrogen (secondary N) is 3. The molecule has 0 aliphatic heterocycles. The first-order valence-corrected chi connectivity index (χ1v) is 6.64. The Morgan fingerprint density at radius 2 is 2.00 bits per heavy atom. The Kier molecular flexibility index (Phi) is 5.08. The van der Waals surface area contributed by atoms with Crippen molar-refractivity contribution in [1.29, 1.82) is 5.41 Å². The minimum Gasteiger partial charge on any atom is -0.384 e. The van der Waals surface area contributed by atoms with Crippen molar-refractivity contribution in [2.45, 2.75) is 0 Å². The first-order chi connectivity index (χ1) is 8.44. The molecule has 1 aromatic rings. The summed E-state index contributed by atoms with van der Waals surface area (Å²) in [7, 11) is -2.12. The maximum Gasteiger partial charge on any atom is 0.299 e. The zero-order chi connectivity index (χ0) is 13.6. The van der Waals surface area contributed by atoms with Crippen LogP contribution in [0.2, 0.25) is 0 Å². The van der Waals surface area contributed by atoms with Crippen LogP contribution in [0.1, 0.15) is 5.56 Å². The first-order valence-electron chi connectivity index (χ1n) is 5.15. The molecule has 1 aromatic carbocycles. The van der Waals surface area contributed by atoms with Gasteiger partial charge in [-0.15, -0.1) is 0 Å². The molecule has 0 bridgehead atoms. The fourth-order valence-corrected chi connectivity index (χ4v) is 2.06. The van der Waals surface area contributed by atoms with Crippen molar-refractivity contribution >= 4 is 21.7 Å². The Labute approximate surface area is 106 Å². The molecule has 0 fully saturated rings. The Morgan fingerprint density at radius 1 is 1.39 bits per heavy atom. The summed E-state index contributed by atoms with van der Waals surface area (Å²) in [5, 5.41) is 7.21. The molecule has 100 valence electrons. The molecule has 0 spiro atoms. The first kappa shape index (κ1) is 14.4. The molecule has 0 heterocycles. The molecule has 0 saturated heterocycles. The highest BCUT2D eigenvalue weighted by molar-refractivity contribution is 7.90. The molecule has 0 aliphatic carbocycles. The van der Waals surface area contributed by atoms with Gasteiger partial charge < -0.3 is 10.5 Å². The second kappa shape index (κ2) is 6.34. The molecule has 1 rings (SSSR count). The van der Waals surface area contributed by atoms with Gasteiger partial charge >= 0.3 is 0 Å². The van der Waals surface area contributed by atoms with Gasteiger partial charge in [-0.2, -0.15) is 13.1 Å². The van der Waals surface area contributed by atoms with Crippen LogP contribution in [-0.4, -0.2) is 34.5 Å². The second-order valence-corrected chi connectivity index (χ2v) is 4.98. The molecule has 0 amide bonds. The monoisotopic (exact) mass is 272 g/mol. The summed E-state index contributed by atoms with van der Waals surface area (Å²) >= 11 is 0. The minimum absolute atomic E-state index is 0.0670. The number of ether oxygens (including phenoxy) is 1. The van der Waals surface area contributed by atoms with Crippen LogP contribution in [0.4, 0.5) is 5.69 Å². The molecule has 7 nitrogen and oxygen atoms in total. The largest absolute Gasteiger partial charge is 0.384 e. The van der Waals surface area contributed by atoms with Gasteiger partial charge in [-0.3, -0.25) is 10.1 Å². The van der Waals surface area contributed by atoms with Crippen molar-refractivity contribution in [3.8, 4) is 0 Å². The van der Waals surface area contributed by atoms with Crippen LogP contribution in [0.25, 0.3) is 0 Å². The van der Waals surface area contributed by atoms with Crippen LogP contribution in [-0.2, 0) is 14.9 Å². The second-order valence-electron chi connectivity index (χ2n) is 3.48. The van der Waals surface area contributed by atoms with Crippen molar-refractivity contribution < 1.29 is 13.2 Å². The molecule has 0 saturated carbocycles. The van der Waals surface area contributed by atoms with Crippen LogP contribution < -0.4 is 15.2 Å². The lowest BCUT2D eigenvalue weighted by atomic mass is 10.2. The van der Waals surface area contributed by atoms with E-state index in [1.807, 2.05) is 0 Å². The van der Waals surface area contributed by atoms with Gasteiger partial charge in [-0.1, -0.05) is 0 Å². The van der Waals surface area contributed by atoms with Crippen LogP contribution in [0, 0.1) is 5.41 Å². The van der Waals surface area contributed by atoms with E-state index in [1.165, 1.54) is 19.2 Å². The number of anilines is 1. The number of rotatable bonds is 7. The van der Waals surface area contributed by atoms with Crippen molar-refractivity contribution in [3.05, 3.63) is 29.8 Å². The fourth-order valence-electron chi connectivity index (χ4n) is 1.19. The molecule has 18 heavy (non-hydrogen) atoms. The average Bonchev–Trinajstić information content (AvgIpc) is 2.29. The van der Waals surface area contributed by atoms with E-state index in [9.17, 15) is 8.42 Å². The number of amidine groups is 1. The summed E-state index contributed by atoms with van der Waals surface area (Å²) in [6, 6.07) is 6.20. The summed E-state index contributed by atoms with van der Waals surface area (Å²) in [6.45, 7) is 0.488. The lowest BCUT2D eigenvalue weighted by Crippen LogP contribution is -2.32. The minimum atomic E-state index is -3.60. The van der Waals surface area contributed by atoms with Gasteiger partial charge in [-0.25, -0.2) is 0 Å². The quantitative estimate of drug-likeness (QED) is 0.314. The smallest absolute Gasteiger partial charge is 0.299 e. The van der Waals surface area contributed by atoms with E-state index in [0.717, 1.165) is 0 Å². The normalized spacial score (nSPS) is 11.2. The number of benzene rings is 1. The molecular formula is C10H16N4O3S. The van der Waals surface area contributed by atoms with Gasteiger partial charge in [-0.05, 0) is 24.3 Å². The third-order valence-corrected chi connectivity index (χ3v) is 3.13. The number of hydrogen-bond donors (Lipinski definition) is 4. The molecule has 0 unspecified atom stereocenters. The number of nitrogen functional groups attached to an aromatic ring is 1. The third kappa shape index (κ3) is 4.70. The number of hydrogen-bond acceptors (Lipinski definition) is 4. The Hall–Kier alpha value is -1.64. The number of methoxy groups -OCH3 is 1. The maximum atomic E-state index is 11.5. The molecule has 8 heteroatoms. The molecule has 0 aromatic heterocycles. The van der Waals surface area contributed by atoms with Gasteiger partial charge in [0.1, 0.15) is 5.84 Å². The average molecular weight is 272 g/mol. The van der Waals surface area contributed by atoms with E-state index in [0.29, 0.717) is 17.9 Å². The summed E-state index contributed by atoms with van der Waals surface area (Å²) in [4.78, 5) is 0. The zero-order valence-electron chi connectivity index (χ0n) is 9.93. The molecule has 0 radical (unpaired) electrons.